The maximum absolute atomic E-state index is 13.0. The molecular weight excluding hydrogens is 336 g/mol. The van der Waals surface area contributed by atoms with Crippen molar-refractivity contribution in [3.63, 3.8) is 0 Å². The fourth-order valence-corrected chi connectivity index (χ4v) is 1.92. The van der Waals surface area contributed by atoms with E-state index in [0.717, 1.165) is 18.2 Å². The van der Waals surface area contributed by atoms with E-state index in [2.05, 4.69) is 26.2 Å². The van der Waals surface area contributed by atoms with Crippen LogP contribution in [0.2, 0.25) is 0 Å². The lowest BCUT2D eigenvalue weighted by molar-refractivity contribution is -0.384. The van der Waals surface area contributed by atoms with Gasteiger partial charge in [-0.05, 0) is 33.6 Å². The van der Waals surface area contributed by atoms with Gasteiger partial charge < -0.3 is 5.32 Å². The Balaban J connectivity index is 2.20. The largest absolute Gasteiger partial charge is 0.360 e. The number of nitrogens with zero attached hydrogens (tertiary/aromatic N) is 2. The predicted molar refractivity (Wildman–Crippen MR) is 72.3 cm³/mol. The summed E-state index contributed by atoms with van der Waals surface area (Å²) in [6.07, 6.45) is 1.39. The summed E-state index contributed by atoms with van der Waals surface area (Å²) in [6, 6.07) is 4.33. The molecule has 2 aromatic rings. The molecule has 1 aromatic carbocycles. The summed E-state index contributed by atoms with van der Waals surface area (Å²) in [5.74, 6) is -1.39. The van der Waals surface area contributed by atoms with Crippen molar-refractivity contribution in [2.45, 2.75) is 6.54 Å². The molecule has 0 spiro atoms. The third-order valence-corrected chi connectivity index (χ3v) is 2.85. The number of nitro groups is 1. The van der Waals surface area contributed by atoms with Crippen LogP contribution in [-0.2, 0) is 6.54 Å². The lowest BCUT2D eigenvalue weighted by Crippen LogP contribution is -2.05. The van der Waals surface area contributed by atoms with E-state index in [1.807, 2.05) is 0 Å². The molecule has 5 nitrogen and oxygen atoms in total. The van der Waals surface area contributed by atoms with Gasteiger partial charge in [0, 0.05) is 29.3 Å². The van der Waals surface area contributed by atoms with E-state index < -0.39 is 16.6 Å². The molecule has 0 fully saturated rings. The molecule has 0 radical (unpaired) electrons. The Bertz CT molecular complexity index is 647. The second kappa shape index (κ2) is 5.91. The van der Waals surface area contributed by atoms with Crippen molar-refractivity contribution in [1.29, 1.82) is 0 Å². The molecule has 0 amide bonds. The van der Waals surface area contributed by atoms with Gasteiger partial charge in [0.25, 0.3) is 0 Å². The van der Waals surface area contributed by atoms with Gasteiger partial charge in [0.2, 0.25) is 5.82 Å². The Hall–Kier alpha value is -2.09. The first-order valence-corrected chi connectivity index (χ1v) is 6.24. The van der Waals surface area contributed by atoms with Crippen LogP contribution in [0.5, 0.6) is 0 Å². The van der Waals surface area contributed by atoms with Gasteiger partial charge in [0.15, 0.2) is 0 Å². The van der Waals surface area contributed by atoms with Gasteiger partial charge in [-0.1, -0.05) is 0 Å². The summed E-state index contributed by atoms with van der Waals surface area (Å²) >= 11 is 3.09. The topological polar surface area (TPSA) is 68.1 Å². The number of benzene rings is 1. The molecule has 0 aliphatic heterocycles. The van der Waals surface area contributed by atoms with E-state index in [-0.39, 0.29) is 18.1 Å². The zero-order valence-electron chi connectivity index (χ0n) is 9.94. The van der Waals surface area contributed by atoms with Crippen LogP contribution in [-0.4, -0.2) is 9.91 Å². The molecule has 104 valence electrons. The minimum Gasteiger partial charge on any atom is -0.360 e. The summed E-state index contributed by atoms with van der Waals surface area (Å²) < 4.78 is 26.5. The highest BCUT2D eigenvalue weighted by atomic mass is 79.9. The normalized spacial score (nSPS) is 10.3. The first-order chi connectivity index (χ1) is 9.45. The van der Waals surface area contributed by atoms with E-state index in [1.165, 1.54) is 12.3 Å². The fraction of sp³-hybridized carbons (Fsp3) is 0.0833. The summed E-state index contributed by atoms with van der Waals surface area (Å²) in [5.41, 5.74) is 0.0952. The number of hydrogen-bond acceptors (Lipinski definition) is 4. The number of hydrogen-bond donors (Lipinski definition) is 1. The van der Waals surface area contributed by atoms with Gasteiger partial charge >= 0.3 is 5.69 Å². The lowest BCUT2D eigenvalue weighted by Gasteiger charge is -2.07. The number of rotatable bonds is 4. The van der Waals surface area contributed by atoms with Gasteiger partial charge in [-0.25, -0.2) is 13.8 Å². The van der Waals surface area contributed by atoms with Gasteiger partial charge in [-0.2, -0.15) is 0 Å². The quantitative estimate of drug-likeness (QED) is 0.679. The van der Waals surface area contributed by atoms with Gasteiger partial charge in [-0.3, -0.25) is 10.1 Å². The zero-order chi connectivity index (χ0) is 14.7. The van der Waals surface area contributed by atoms with Crippen LogP contribution in [0.25, 0.3) is 0 Å². The molecule has 2 rings (SSSR count). The van der Waals surface area contributed by atoms with Gasteiger partial charge in [0.05, 0.1) is 4.92 Å². The number of anilines is 1. The lowest BCUT2D eigenvalue weighted by atomic mass is 10.2. The molecule has 0 saturated heterocycles. The number of aromatic nitrogens is 1. The number of pyridine rings is 1. The maximum Gasteiger partial charge on any atom is 0.312 e. The van der Waals surface area contributed by atoms with Crippen LogP contribution >= 0.6 is 15.9 Å². The fourth-order valence-electron chi connectivity index (χ4n) is 1.60. The Morgan fingerprint density at radius 2 is 1.90 bits per heavy atom. The summed E-state index contributed by atoms with van der Waals surface area (Å²) in [4.78, 5) is 14.2. The zero-order valence-corrected chi connectivity index (χ0v) is 11.5. The van der Waals surface area contributed by atoms with Crippen molar-refractivity contribution in [3.05, 3.63) is 62.2 Å². The van der Waals surface area contributed by atoms with E-state index in [4.69, 9.17) is 0 Å². The SMILES string of the molecule is O=[N+]([O-])c1cc(Br)cnc1NCc1cc(F)cc(F)c1. The molecule has 1 aromatic heterocycles. The summed E-state index contributed by atoms with van der Waals surface area (Å²) in [5, 5.41) is 13.6. The Kier molecular flexibility index (Phi) is 4.23. The van der Waals surface area contributed by atoms with Crippen molar-refractivity contribution in [2.75, 3.05) is 5.32 Å². The van der Waals surface area contributed by atoms with Gasteiger partial charge in [-0.15, -0.1) is 0 Å². The van der Waals surface area contributed by atoms with Crippen LogP contribution in [0.3, 0.4) is 0 Å². The van der Waals surface area contributed by atoms with Crippen molar-refractivity contribution < 1.29 is 13.7 Å². The molecule has 0 atom stereocenters. The highest BCUT2D eigenvalue weighted by molar-refractivity contribution is 9.10. The second-order valence-corrected chi connectivity index (χ2v) is 4.83. The predicted octanol–water partition coefficient (Wildman–Crippen LogP) is 3.64. The minimum atomic E-state index is -0.708. The Labute approximate surface area is 120 Å². The van der Waals surface area contributed by atoms with Crippen LogP contribution in [0.15, 0.2) is 34.9 Å². The first kappa shape index (κ1) is 14.3. The molecule has 0 unspecified atom stereocenters. The average molecular weight is 344 g/mol. The van der Waals surface area contributed by atoms with Crippen LogP contribution in [0.1, 0.15) is 5.56 Å². The molecule has 1 heterocycles. The van der Waals surface area contributed by atoms with E-state index in [9.17, 15) is 18.9 Å². The highest BCUT2D eigenvalue weighted by Crippen LogP contribution is 2.25. The smallest absolute Gasteiger partial charge is 0.312 e. The van der Waals surface area contributed by atoms with Crippen molar-refractivity contribution in [2.24, 2.45) is 0 Å². The molecule has 20 heavy (non-hydrogen) atoms. The molecule has 8 heteroatoms. The summed E-state index contributed by atoms with van der Waals surface area (Å²) in [7, 11) is 0. The minimum absolute atomic E-state index is 0.0180. The molecule has 0 aliphatic carbocycles. The Morgan fingerprint density at radius 1 is 1.25 bits per heavy atom. The van der Waals surface area contributed by atoms with Crippen molar-refractivity contribution in [3.8, 4) is 0 Å². The third kappa shape index (κ3) is 3.47. The third-order valence-electron chi connectivity index (χ3n) is 2.41. The van der Waals surface area contributed by atoms with Crippen LogP contribution in [0, 0.1) is 21.7 Å². The molecule has 0 aliphatic rings. The standard InChI is InChI=1S/C12H8BrF2N3O2/c13-8-3-11(18(19)20)12(17-6-8)16-5-7-1-9(14)4-10(15)2-7/h1-4,6H,5H2,(H,16,17). The molecule has 1 N–H and O–H groups in total. The molecule has 0 saturated carbocycles. The maximum atomic E-state index is 13.0. The van der Waals surface area contributed by atoms with Gasteiger partial charge in [0.1, 0.15) is 11.6 Å². The number of nitrogens with one attached hydrogen (secondary N) is 1. The first-order valence-electron chi connectivity index (χ1n) is 5.44. The van der Waals surface area contributed by atoms with Crippen molar-refractivity contribution >= 4 is 27.4 Å². The average Bonchev–Trinajstić information content (AvgIpc) is 2.36. The van der Waals surface area contributed by atoms with Crippen LogP contribution in [0.4, 0.5) is 20.3 Å². The summed E-state index contributed by atoms with van der Waals surface area (Å²) in [6.45, 7) is 0.0180. The van der Waals surface area contributed by atoms with Crippen molar-refractivity contribution in [1.82, 2.24) is 4.98 Å². The van der Waals surface area contributed by atoms with E-state index in [1.54, 1.807) is 0 Å². The molecule has 0 bridgehead atoms. The molecular formula is C12H8BrF2N3O2. The highest BCUT2D eigenvalue weighted by Gasteiger charge is 2.15. The second-order valence-electron chi connectivity index (χ2n) is 3.91. The number of halogens is 3. The Morgan fingerprint density at radius 3 is 2.50 bits per heavy atom. The van der Waals surface area contributed by atoms with E-state index >= 15 is 0 Å². The van der Waals surface area contributed by atoms with E-state index in [0.29, 0.717) is 10.0 Å². The monoisotopic (exact) mass is 343 g/mol. The van der Waals surface area contributed by atoms with Crippen LogP contribution < -0.4 is 5.32 Å².